The first-order valence-corrected chi connectivity index (χ1v) is 7.43. The minimum absolute atomic E-state index is 0.0846. The Hall–Kier alpha value is -2.02. The Bertz CT molecular complexity index is 582. The van der Waals surface area contributed by atoms with Crippen LogP contribution in [-0.4, -0.2) is 30.0 Å². The first kappa shape index (κ1) is 14.4. The van der Waals surface area contributed by atoms with E-state index in [2.05, 4.69) is 10.6 Å². The average molecular weight is 286 g/mol. The third-order valence-electron chi connectivity index (χ3n) is 2.97. The summed E-state index contributed by atoms with van der Waals surface area (Å²) in [6.45, 7) is 0.929. The highest BCUT2D eigenvalue weighted by atomic mass is 32.2. The highest BCUT2D eigenvalue weighted by Crippen LogP contribution is 2.16. The predicted molar refractivity (Wildman–Crippen MR) is 78.2 cm³/mol. The van der Waals surface area contributed by atoms with Gasteiger partial charge >= 0.3 is 0 Å². The summed E-state index contributed by atoms with van der Waals surface area (Å²) in [5, 5.41) is 23.8. The summed E-state index contributed by atoms with van der Waals surface area (Å²) in [6.07, 6.45) is 0.412. The molecule has 102 valence electrons. The number of carbonyl (C=O) groups excluding carboxylic acids is 1. The fourth-order valence-corrected chi connectivity index (χ4v) is 2.95. The lowest BCUT2D eigenvalue weighted by molar-refractivity contribution is -0.116. The van der Waals surface area contributed by atoms with Crippen LogP contribution >= 0.6 is 11.8 Å². The van der Waals surface area contributed by atoms with Crippen LogP contribution in [0.5, 0.6) is 0 Å². The molecule has 0 saturated carbocycles. The summed E-state index contributed by atoms with van der Waals surface area (Å²) in [6, 6.07) is 8.80. The maximum absolute atomic E-state index is 11.9. The average Bonchev–Trinajstić information content (AvgIpc) is 2.48. The fourth-order valence-electron chi connectivity index (χ4n) is 2.00. The van der Waals surface area contributed by atoms with E-state index in [-0.39, 0.29) is 17.5 Å². The van der Waals surface area contributed by atoms with Crippen molar-refractivity contribution in [2.24, 2.45) is 0 Å². The largest absolute Gasteiger partial charge is 0.326 e. The lowest BCUT2D eigenvalue weighted by Crippen LogP contribution is -2.39. The van der Waals surface area contributed by atoms with Crippen LogP contribution in [0.25, 0.3) is 0 Å². The smallest absolute Gasteiger partial charge is 0.225 e. The first-order valence-electron chi connectivity index (χ1n) is 6.28. The molecule has 0 radical (unpaired) electrons. The lowest BCUT2D eigenvalue weighted by Gasteiger charge is -2.22. The summed E-state index contributed by atoms with van der Waals surface area (Å²) in [7, 11) is 0. The van der Waals surface area contributed by atoms with Crippen molar-refractivity contribution >= 4 is 23.4 Å². The van der Waals surface area contributed by atoms with Gasteiger partial charge in [0.1, 0.15) is 12.1 Å². The van der Waals surface area contributed by atoms with E-state index in [0.717, 1.165) is 18.1 Å². The van der Waals surface area contributed by atoms with E-state index in [4.69, 9.17) is 10.5 Å². The minimum atomic E-state index is -0.0846. The number of rotatable bonds is 3. The number of anilines is 1. The van der Waals surface area contributed by atoms with Gasteiger partial charge in [-0.25, -0.2) is 0 Å². The van der Waals surface area contributed by atoms with Crippen LogP contribution < -0.4 is 10.6 Å². The number of benzene rings is 1. The van der Waals surface area contributed by atoms with Gasteiger partial charge in [-0.1, -0.05) is 0 Å². The second kappa shape index (κ2) is 6.95. The van der Waals surface area contributed by atoms with E-state index < -0.39 is 0 Å². The van der Waals surface area contributed by atoms with Crippen molar-refractivity contribution in [3.05, 3.63) is 29.3 Å². The van der Waals surface area contributed by atoms with Crippen LogP contribution in [0.15, 0.2) is 18.2 Å². The zero-order valence-corrected chi connectivity index (χ0v) is 11.7. The number of thioether (sulfide) groups is 1. The van der Waals surface area contributed by atoms with E-state index in [9.17, 15) is 4.79 Å². The second-order valence-corrected chi connectivity index (χ2v) is 5.61. The maximum Gasteiger partial charge on any atom is 0.225 e. The number of nitrogens with one attached hydrogen (secondary N) is 2. The SMILES string of the molecule is N#Cc1ccc(NC(=O)CC2CSCCN2)cc1C#N. The number of carbonyl (C=O) groups is 1. The third-order valence-corrected chi connectivity index (χ3v) is 4.11. The molecular formula is C14H14N4OS. The van der Waals surface area contributed by atoms with Crippen molar-refractivity contribution in [1.82, 2.24) is 5.32 Å². The first-order chi connectivity index (χ1) is 9.72. The number of nitriles is 2. The summed E-state index contributed by atoms with van der Waals surface area (Å²) in [5.41, 5.74) is 1.14. The highest BCUT2D eigenvalue weighted by molar-refractivity contribution is 7.99. The molecule has 6 heteroatoms. The Labute approximate surface area is 122 Å². The van der Waals surface area contributed by atoms with Gasteiger partial charge in [-0.2, -0.15) is 22.3 Å². The molecule has 0 aliphatic carbocycles. The van der Waals surface area contributed by atoms with Crippen molar-refractivity contribution in [2.45, 2.75) is 12.5 Å². The molecule has 20 heavy (non-hydrogen) atoms. The molecule has 1 amide bonds. The molecular weight excluding hydrogens is 272 g/mol. The molecule has 1 unspecified atom stereocenters. The molecule has 1 aromatic carbocycles. The fraction of sp³-hybridized carbons (Fsp3) is 0.357. The molecule has 1 fully saturated rings. The zero-order chi connectivity index (χ0) is 14.4. The van der Waals surface area contributed by atoms with Gasteiger partial charge in [0, 0.05) is 36.2 Å². The van der Waals surface area contributed by atoms with Crippen LogP contribution in [0.4, 0.5) is 5.69 Å². The quantitative estimate of drug-likeness (QED) is 0.878. The van der Waals surface area contributed by atoms with E-state index in [0.29, 0.717) is 17.7 Å². The standard InChI is InChI=1S/C14H14N4OS/c15-7-10-1-2-12(5-11(10)8-16)18-14(19)6-13-9-20-4-3-17-13/h1-2,5,13,17H,3-4,6,9H2,(H,18,19). The van der Waals surface area contributed by atoms with Crippen molar-refractivity contribution < 1.29 is 4.79 Å². The van der Waals surface area contributed by atoms with Gasteiger partial charge in [-0.15, -0.1) is 0 Å². The normalized spacial score (nSPS) is 17.8. The molecule has 1 aliphatic rings. The Morgan fingerprint density at radius 1 is 1.40 bits per heavy atom. The van der Waals surface area contributed by atoms with Crippen LogP contribution in [0.3, 0.4) is 0 Å². The highest BCUT2D eigenvalue weighted by Gasteiger charge is 2.16. The molecule has 2 rings (SSSR count). The molecule has 1 saturated heterocycles. The Kier molecular flexibility index (Phi) is 5.00. The Morgan fingerprint density at radius 2 is 2.20 bits per heavy atom. The van der Waals surface area contributed by atoms with Crippen molar-refractivity contribution in [2.75, 3.05) is 23.4 Å². The predicted octanol–water partition coefficient (Wildman–Crippen LogP) is 1.46. The van der Waals surface area contributed by atoms with E-state index in [1.54, 1.807) is 12.1 Å². The molecule has 1 aliphatic heterocycles. The number of nitrogens with zero attached hydrogens (tertiary/aromatic N) is 2. The number of hydrogen-bond donors (Lipinski definition) is 2. The lowest BCUT2D eigenvalue weighted by atomic mass is 10.1. The van der Waals surface area contributed by atoms with Crippen LogP contribution in [0.2, 0.25) is 0 Å². The van der Waals surface area contributed by atoms with Crippen molar-refractivity contribution in [3.63, 3.8) is 0 Å². The molecule has 5 nitrogen and oxygen atoms in total. The maximum atomic E-state index is 11.9. The molecule has 2 N–H and O–H groups in total. The molecule has 1 atom stereocenters. The number of amides is 1. The molecule has 1 heterocycles. The van der Waals surface area contributed by atoms with Gasteiger partial charge in [0.05, 0.1) is 11.1 Å². The molecule has 1 aromatic rings. The summed E-state index contributed by atoms with van der Waals surface area (Å²) in [4.78, 5) is 11.9. The van der Waals surface area contributed by atoms with E-state index in [1.807, 2.05) is 23.9 Å². The van der Waals surface area contributed by atoms with Gasteiger partial charge in [-0.05, 0) is 18.2 Å². The Morgan fingerprint density at radius 3 is 2.85 bits per heavy atom. The summed E-state index contributed by atoms with van der Waals surface area (Å²) in [5.74, 6) is 1.93. The van der Waals surface area contributed by atoms with Gasteiger partial charge in [-0.3, -0.25) is 4.79 Å². The van der Waals surface area contributed by atoms with Gasteiger partial charge in [0.15, 0.2) is 0 Å². The second-order valence-electron chi connectivity index (χ2n) is 4.46. The monoisotopic (exact) mass is 286 g/mol. The van der Waals surface area contributed by atoms with Crippen molar-refractivity contribution in [1.29, 1.82) is 10.5 Å². The van der Waals surface area contributed by atoms with Gasteiger partial charge < -0.3 is 10.6 Å². The Balaban J connectivity index is 1.97. The van der Waals surface area contributed by atoms with Crippen LogP contribution in [0, 0.1) is 22.7 Å². The van der Waals surface area contributed by atoms with Gasteiger partial charge in [0.25, 0.3) is 0 Å². The zero-order valence-electron chi connectivity index (χ0n) is 10.8. The van der Waals surface area contributed by atoms with E-state index in [1.165, 1.54) is 6.07 Å². The molecule has 0 aromatic heterocycles. The van der Waals surface area contributed by atoms with E-state index >= 15 is 0 Å². The summed E-state index contributed by atoms with van der Waals surface area (Å²) < 4.78 is 0. The van der Waals surface area contributed by atoms with Gasteiger partial charge in [0.2, 0.25) is 5.91 Å². The third kappa shape index (κ3) is 3.74. The number of hydrogen-bond acceptors (Lipinski definition) is 5. The van der Waals surface area contributed by atoms with Crippen LogP contribution in [-0.2, 0) is 4.79 Å². The van der Waals surface area contributed by atoms with Crippen LogP contribution in [0.1, 0.15) is 17.5 Å². The topological polar surface area (TPSA) is 88.7 Å². The minimum Gasteiger partial charge on any atom is -0.326 e. The molecule has 0 bridgehead atoms. The molecule has 0 spiro atoms. The summed E-state index contributed by atoms with van der Waals surface area (Å²) >= 11 is 1.84. The van der Waals surface area contributed by atoms with Crippen molar-refractivity contribution in [3.8, 4) is 12.1 Å².